The van der Waals surface area contributed by atoms with E-state index >= 15 is 0 Å². The number of rotatable bonds is 7. The molecule has 1 aliphatic carbocycles. The van der Waals surface area contributed by atoms with Crippen molar-refractivity contribution >= 4 is 6.29 Å². The molecule has 0 atom stereocenters. The topological polar surface area (TPSA) is 17.1 Å². The second-order valence-electron chi connectivity index (χ2n) is 7.17. The second-order valence-corrected chi connectivity index (χ2v) is 7.17. The van der Waals surface area contributed by atoms with E-state index < -0.39 is 0 Å². The molecule has 1 nitrogen and oxygen atoms in total. The first-order valence-corrected chi connectivity index (χ1v) is 8.62. The van der Waals surface area contributed by atoms with Gasteiger partial charge in [0.15, 0.2) is 6.29 Å². The van der Waals surface area contributed by atoms with Gasteiger partial charge in [0.05, 0.1) is 0 Å². The van der Waals surface area contributed by atoms with Crippen molar-refractivity contribution in [3.05, 3.63) is 58.7 Å². The maximum absolute atomic E-state index is 10.2. The Morgan fingerprint density at radius 1 is 1.22 bits per heavy atom. The van der Waals surface area contributed by atoms with Crippen molar-refractivity contribution < 1.29 is 4.79 Å². The third-order valence-corrected chi connectivity index (χ3v) is 4.49. The van der Waals surface area contributed by atoms with Crippen LogP contribution < -0.4 is 0 Å². The predicted octanol–water partition coefficient (Wildman–Crippen LogP) is 6.41. The minimum absolute atomic E-state index is 0.296. The van der Waals surface area contributed by atoms with E-state index in [2.05, 4.69) is 71.1 Å². The van der Waals surface area contributed by atoms with Gasteiger partial charge < -0.3 is 0 Å². The summed E-state index contributed by atoms with van der Waals surface area (Å²) in [6.45, 7) is 11.1. The highest BCUT2D eigenvalue weighted by Crippen LogP contribution is 2.40. The first-order valence-electron chi connectivity index (χ1n) is 8.62. The van der Waals surface area contributed by atoms with Crippen molar-refractivity contribution in [3.8, 4) is 0 Å². The fraction of sp³-hybridized carbons (Fsp3) is 0.500. The zero-order valence-electron chi connectivity index (χ0n) is 15.4. The van der Waals surface area contributed by atoms with Gasteiger partial charge in [0, 0.05) is 6.42 Å². The van der Waals surface area contributed by atoms with Gasteiger partial charge in [0.1, 0.15) is 0 Å². The minimum Gasteiger partial charge on any atom is -0.291 e. The van der Waals surface area contributed by atoms with Crippen LogP contribution in [0, 0.1) is 5.41 Å². The van der Waals surface area contributed by atoms with E-state index in [1.165, 1.54) is 41.6 Å². The lowest BCUT2D eigenvalue weighted by Crippen LogP contribution is -2.19. The van der Waals surface area contributed by atoms with Gasteiger partial charge in [0.2, 0.25) is 0 Å². The van der Waals surface area contributed by atoms with Crippen LogP contribution in [0.1, 0.15) is 66.7 Å². The first kappa shape index (κ1) is 19.4. The molecule has 1 aliphatic rings. The molecular formula is C22H31O. The molecule has 125 valence electrons. The summed E-state index contributed by atoms with van der Waals surface area (Å²) in [7, 11) is 0. The minimum atomic E-state index is 0.296. The van der Waals surface area contributed by atoms with Crippen LogP contribution in [0.2, 0.25) is 0 Å². The molecule has 1 heteroatoms. The van der Waals surface area contributed by atoms with Crippen molar-refractivity contribution in [2.24, 2.45) is 5.41 Å². The molecule has 0 unspecified atom stereocenters. The Morgan fingerprint density at radius 3 is 2.61 bits per heavy atom. The number of hydrogen-bond donors (Lipinski definition) is 0. The molecule has 0 heterocycles. The Bertz CT molecular complexity index is 551. The Morgan fingerprint density at radius 2 is 1.96 bits per heavy atom. The molecule has 0 saturated carbocycles. The quantitative estimate of drug-likeness (QED) is 0.392. The number of allylic oxidation sites excluding steroid dienone is 10. The lowest BCUT2D eigenvalue weighted by atomic mass is 9.72. The highest BCUT2D eigenvalue weighted by molar-refractivity contribution is 5.50. The maximum Gasteiger partial charge on any atom is 0.198 e. The van der Waals surface area contributed by atoms with E-state index in [1.807, 2.05) is 6.29 Å². The van der Waals surface area contributed by atoms with Crippen LogP contribution in [0.25, 0.3) is 0 Å². The van der Waals surface area contributed by atoms with Gasteiger partial charge in [-0.15, -0.1) is 0 Å². The summed E-state index contributed by atoms with van der Waals surface area (Å²) in [5.74, 6) is 0. The third-order valence-electron chi connectivity index (χ3n) is 4.49. The van der Waals surface area contributed by atoms with Crippen LogP contribution in [-0.2, 0) is 4.79 Å². The van der Waals surface area contributed by atoms with Gasteiger partial charge in [-0.3, -0.25) is 4.79 Å². The van der Waals surface area contributed by atoms with Crippen molar-refractivity contribution in [1.29, 1.82) is 0 Å². The molecule has 0 N–H and O–H groups in total. The standard InChI is InChI=1S/C22H31O/c1-18(10-6-7-17-23)11-8-12-19(2)14-15-21-20(3)13-9-16-22(21,4)5/h8,10-12,14-15H,6-7,9,13,16H2,1-5H3/b11-8-,15-14?,18-10?,19-12?. The van der Waals surface area contributed by atoms with Crippen LogP contribution in [0.4, 0.5) is 0 Å². The molecule has 0 saturated heterocycles. The number of unbranched alkanes of at least 4 members (excludes halogenated alkanes) is 1. The summed E-state index contributed by atoms with van der Waals surface area (Å²) >= 11 is 0. The Labute approximate surface area is 142 Å². The summed E-state index contributed by atoms with van der Waals surface area (Å²) in [4.78, 5) is 10.2. The van der Waals surface area contributed by atoms with Crippen LogP contribution in [0.15, 0.2) is 58.7 Å². The summed E-state index contributed by atoms with van der Waals surface area (Å²) in [6, 6.07) is 0. The molecule has 0 amide bonds. The summed E-state index contributed by atoms with van der Waals surface area (Å²) in [5, 5.41) is 0. The van der Waals surface area contributed by atoms with Gasteiger partial charge in [-0.05, 0) is 57.4 Å². The van der Waals surface area contributed by atoms with Gasteiger partial charge in [-0.2, -0.15) is 0 Å². The molecule has 0 aromatic heterocycles. The largest absolute Gasteiger partial charge is 0.291 e. The van der Waals surface area contributed by atoms with Crippen molar-refractivity contribution in [2.45, 2.75) is 66.7 Å². The molecule has 0 aliphatic heterocycles. The molecule has 1 radical (unpaired) electrons. The van der Waals surface area contributed by atoms with Gasteiger partial charge >= 0.3 is 0 Å². The van der Waals surface area contributed by atoms with Gasteiger partial charge in [-0.1, -0.05) is 67.0 Å². The summed E-state index contributed by atoms with van der Waals surface area (Å²) in [6.07, 6.45) is 19.8. The zero-order valence-corrected chi connectivity index (χ0v) is 15.4. The van der Waals surface area contributed by atoms with Crippen molar-refractivity contribution in [3.63, 3.8) is 0 Å². The zero-order chi connectivity index (χ0) is 17.3. The Hall–Kier alpha value is -1.63. The van der Waals surface area contributed by atoms with Crippen LogP contribution in [0.3, 0.4) is 0 Å². The Balaban J connectivity index is 2.69. The number of hydrogen-bond acceptors (Lipinski definition) is 1. The van der Waals surface area contributed by atoms with Crippen LogP contribution >= 0.6 is 0 Å². The highest BCUT2D eigenvalue weighted by Gasteiger charge is 2.26. The monoisotopic (exact) mass is 311 g/mol. The van der Waals surface area contributed by atoms with E-state index in [0.29, 0.717) is 11.8 Å². The van der Waals surface area contributed by atoms with Crippen LogP contribution in [0.5, 0.6) is 0 Å². The first-order chi connectivity index (χ1) is 10.9. The smallest absolute Gasteiger partial charge is 0.198 e. The van der Waals surface area contributed by atoms with E-state index in [0.717, 1.165) is 6.42 Å². The molecular weight excluding hydrogens is 280 g/mol. The SMILES string of the molecule is CC(C=CC1=C(C)CCCC1(C)C)=C/C=C\C(C)=CCC[C]=O. The van der Waals surface area contributed by atoms with Crippen LogP contribution in [-0.4, -0.2) is 6.29 Å². The molecule has 1 rings (SSSR count). The van der Waals surface area contributed by atoms with E-state index in [-0.39, 0.29) is 0 Å². The molecule has 23 heavy (non-hydrogen) atoms. The van der Waals surface area contributed by atoms with E-state index in [1.54, 1.807) is 0 Å². The normalized spacial score (nSPS) is 19.9. The highest BCUT2D eigenvalue weighted by atomic mass is 16.1. The molecule has 0 aromatic carbocycles. The lowest BCUT2D eigenvalue weighted by Gasteiger charge is -2.32. The summed E-state index contributed by atoms with van der Waals surface area (Å²) < 4.78 is 0. The van der Waals surface area contributed by atoms with E-state index in [9.17, 15) is 4.79 Å². The summed E-state index contributed by atoms with van der Waals surface area (Å²) in [5.41, 5.74) is 5.76. The van der Waals surface area contributed by atoms with E-state index in [4.69, 9.17) is 0 Å². The fourth-order valence-corrected chi connectivity index (χ4v) is 3.06. The molecule has 0 spiro atoms. The molecule has 0 fully saturated rings. The predicted molar refractivity (Wildman–Crippen MR) is 101 cm³/mol. The Kier molecular flexibility index (Phi) is 8.02. The third kappa shape index (κ3) is 6.99. The number of carbonyl (C=O) groups excluding carboxylic acids is 1. The maximum atomic E-state index is 10.2. The van der Waals surface area contributed by atoms with Gasteiger partial charge in [-0.25, -0.2) is 0 Å². The average Bonchev–Trinajstić information content (AvgIpc) is 2.46. The molecule has 0 aromatic rings. The van der Waals surface area contributed by atoms with Crippen molar-refractivity contribution in [2.75, 3.05) is 0 Å². The lowest BCUT2D eigenvalue weighted by molar-refractivity contribution is 0.377. The van der Waals surface area contributed by atoms with Crippen molar-refractivity contribution in [1.82, 2.24) is 0 Å². The average molecular weight is 311 g/mol. The second kappa shape index (κ2) is 9.50. The fourth-order valence-electron chi connectivity index (χ4n) is 3.06. The molecule has 0 bridgehead atoms. The van der Waals surface area contributed by atoms with Gasteiger partial charge in [0.25, 0.3) is 0 Å².